The van der Waals surface area contributed by atoms with Gasteiger partial charge in [0.05, 0.1) is 23.6 Å². The average Bonchev–Trinajstić information content (AvgIpc) is 2.99. The second kappa shape index (κ2) is 6.20. The number of fused-ring (bicyclic) bond motifs is 1. The molecule has 6 heteroatoms. The maximum absolute atomic E-state index is 13.1. The van der Waals surface area contributed by atoms with Crippen molar-refractivity contribution in [3.8, 4) is 0 Å². The Hall–Kier alpha value is -2.31. The van der Waals surface area contributed by atoms with Gasteiger partial charge in [-0.3, -0.25) is 0 Å². The minimum absolute atomic E-state index is 0.298. The lowest BCUT2D eigenvalue weighted by Crippen LogP contribution is -2.36. The van der Waals surface area contributed by atoms with Crippen molar-refractivity contribution in [2.45, 2.75) is 11.8 Å². The smallest absolute Gasteiger partial charge is 0.268 e. The van der Waals surface area contributed by atoms with Crippen LogP contribution in [-0.2, 0) is 14.8 Å². The first-order chi connectivity index (χ1) is 12.1. The zero-order chi connectivity index (χ0) is 17.4. The lowest BCUT2D eigenvalue weighted by Gasteiger charge is -2.29. The summed E-state index contributed by atoms with van der Waals surface area (Å²) in [6.45, 7) is 4.85. The quantitative estimate of drug-likeness (QED) is 0.724. The monoisotopic (exact) mass is 356 g/mol. The van der Waals surface area contributed by atoms with Crippen molar-refractivity contribution in [2.75, 3.05) is 31.2 Å². The zero-order valence-corrected chi connectivity index (χ0v) is 14.9. The molecule has 1 aromatic heterocycles. The van der Waals surface area contributed by atoms with E-state index in [4.69, 9.17) is 4.74 Å². The Labute approximate surface area is 147 Å². The minimum Gasteiger partial charge on any atom is -0.378 e. The van der Waals surface area contributed by atoms with Crippen molar-refractivity contribution in [3.05, 3.63) is 60.3 Å². The van der Waals surface area contributed by atoms with E-state index in [0.717, 1.165) is 24.2 Å². The number of anilines is 1. The van der Waals surface area contributed by atoms with E-state index < -0.39 is 10.0 Å². The fourth-order valence-electron chi connectivity index (χ4n) is 3.42. The van der Waals surface area contributed by atoms with Gasteiger partial charge in [-0.25, -0.2) is 12.4 Å². The molecule has 0 saturated carbocycles. The number of nitrogens with zero attached hydrogens (tertiary/aromatic N) is 2. The topological polar surface area (TPSA) is 51.5 Å². The molecule has 25 heavy (non-hydrogen) atoms. The van der Waals surface area contributed by atoms with Crippen LogP contribution in [-0.4, -0.2) is 38.7 Å². The molecule has 4 rings (SSSR count). The van der Waals surface area contributed by atoms with Gasteiger partial charge in [-0.2, -0.15) is 0 Å². The molecule has 0 atom stereocenters. The number of aryl methyl sites for hydroxylation is 1. The number of hydrogen-bond acceptors (Lipinski definition) is 4. The van der Waals surface area contributed by atoms with Gasteiger partial charge in [0.25, 0.3) is 10.0 Å². The van der Waals surface area contributed by atoms with Crippen molar-refractivity contribution in [2.24, 2.45) is 0 Å². The first kappa shape index (κ1) is 16.2. The summed E-state index contributed by atoms with van der Waals surface area (Å²) >= 11 is 0. The summed E-state index contributed by atoms with van der Waals surface area (Å²) in [5.41, 5.74) is 2.48. The maximum atomic E-state index is 13.1. The van der Waals surface area contributed by atoms with E-state index in [0.29, 0.717) is 29.3 Å². The average molecular weight is 356 g/mol. The molecule has 0 aliphatic carbocycles. The van der Waals surface area contributed by atoms with E-state index in [1.165, 1.54) is 3.97 Å². The molecule has 0 bridgehead atoms. The Morgan fingerprint density at radius 1 is 0.960 bits per heavy atom. The first-order valence-corrected chi connectivity index (χ1v) is 9.77. The predicted molar refractivity (Wildman–Crippen MR) is 98.7 cm³/mol. The van der Waals surface area contributed by atoms with Crippen LogP contribution in [0.4, 0.5) is 5.69 Å². The summed E-state index contributed by atoms with van der Waals surface area (Å²) < 4.78 is 33.2. The summed E-state index contributed by atoms with van der Waals surface area (Å²) in [6, 6.07) is 16.4. The molecule has 1 fully saturated rings. The maximum Gasteiger partial charge on any atom is 0.268 e. The molecule has 1 aliphatic rings. The molecule has 5 nitrogen and oxygen atoms in total. The Balaban J connectivity index is 1.90. The van der Waals surface area contributed by atoms with Gasteiger partial charge in [0.15, 0.2) is 0 Å². The van der Waals surface area contributed by atoms with Gasteiger partial charge in [-0.05, 0) is 37.3 Å². The third-order valence-corrected chi connectivity index (χ3v) is 6.42. The number of morpholine rings is 1. The Morgan fingerprint density at radius 3 is 2.40 bits per heavy atom. The van der Waals surface area contributed by atoms with Crippen LogP contribution >= 0.6 is 0 Å². The number of aromatic nitrogens is 1. The molecule has 1 saturated heterocycles. The number of rotatable bonds is 3. The highest BCUT2D eigenvalue weighted by molar-refractivity contribution is 7.90. The van der Waals surface area contributed by atoms with Crippen LogP contribution in [0.15, 0.2) is 59.5 Å². The van der Waals surface area contributed by atoms with Crippen molar-refractivity contribution >= 4 is 26.6 Å². The van der Waals surface area contributed by atoms with Crippen LogP contribution in [0.1, 0.15) is 5.69 Å². The van der Waals surface area contributed by atoms with Crippen LogP contribution in [0.2, 0.25) is 0 Å². The molecule has 0 spiro atoms. The van der Waals surface area contributed by atoms with Crippen molar-refractivity contribution in [1.29, 1.82) is 0 Å². The van der Waals surface area contributed by atoms with Gasteiger partial charge in [0.2, 0.25) is 0 Å². The van der Waals surface area contributed by atoms with Crippen LogP contribution in [0, 0.1) is 6.92 Å². The standard InChI is InChI=1S/C19H20N2O3S/c1-15-14-17-18(20-10-12-24-13-11-20)8-5-9-19(17)21(15)25(22,23)16-6-3-2-4-7-16/h2-9,14H,10-13H2,1H3. The Morgan fingerprint density at radius 2 is 1.68 bits per heavy atom. The van der Waals surface area contributed by atoms with E-state index in [1.807, 2.05) is 37.3 Å². The third-order valence-electron chi connectivity index (χ3n) is 4.59. The molecule has 0 unspecified atom stereocenters. The second-order valence-electron chi connectivity index (χ2n) is 6.18. The second-order valence-corrected chi connectivity index (χ2v) is 7.96. The molecular weight excluding hydrogens is 336 g/mol. The molecule has 0 radical (unpaired) electrons. The fourth-order valence-corrected chi connectivity index (χ4v) is 4.98. The fraction of sp³-hybridized carbons (Fsp3) is 0.263. The largest absolute Gasteiger partial charge is 0.378 e. The molecular formula is C19H20N2O3S. The third kappa shape index (κ3) is 2.71. The van der Waals surface area contributed by atoms with E-state index >= 15 is 0 Å². The van der Waals surface area contributed by atoms with Crippen LogP contribution in [0.3, 0.4) is 0 Å². The molecule has 1 aliphatic heterocycles. The first-order valence-electron chi connectivity index (χ1n) is 8.33. The lowest BCUT2D eigenvalue weighted by molar-refractivity contribution is 0.123. The van der Waals surface area contributed by atoms with Gasteiger partial charge in [0.1, 0.15) is 0 Å². The summed E-state index contributed by atoms with van der Waals surface area (Å²) in [5, 5.41) is 0.960. The number of ether oxygens (including phenoxy) is 1. The van der Waals surface area contributed by atoms with E-state index in [1.54, 1.807) is 24.3 Å². The predicted octanol–water partition coefficient (Wildman–Crippen LogP) is 3.02. The van der Waals surface area contributed by atoms with E-state index in [2.05, 4.69) is 4.90 Å². The molecule has 3 aromatic rings. The Kier molecular flexibility index (Phi) is 4.01. The summed E-state index contributed by atoms with van der Waals surface area (Å²) in [5.74, 6) is 0. The van der Waals surface area contributed by atoms with E-state index in [9.17, 15) is 8.42 Å². The lowest BCUT2D eigenvalue weighted by atomic mass is 10.2. The molecule has 0 amide bonds. The van der Waals surface area contributed by atoms with Crippen molar-refractivity contribution in [3.63, 3.8) is 0 Å². The van der Waals surface area contributed by atoms with Gasteiger partial charge >= 0.3 is 0 Å². The van der Waals surface area contributed by atoms with Gasteiger partial charge in [-0.1, -0.05) is 24.3 Å². The van der Waals surface area contributed by atoms with Crippen LogP contribution in [0.25, 0.3) is 10.9 Å². The van der Waals surface area contributed by atoms with Crippen molar-refractivity contribution in [1.82, 2.24) is 3.97 Å². The van der Waals surface area contributed by atoms with Gasteiger partial charge in [-0.15, -0.1) is 0 Å². The number of benzene rings is 2. The summed E-state index contributed by atoms with van der Waals surface area (Å²) in [4.78, 5) is 2.55. The van der Waals surface area contributed by atoms with Gasteiger partial charge in [0, 0.05) is 29.9 Å². The van der Waals surface area contributed by atoms with Gasteiger partial charge < -0.3 is 9.64 Å². The normalized spacial score (nSPS) is 15.6. The minimum atomic E-state index is -3.63. The molecule has 2 aromatic carbocycles. The van der Waals surface area contributed by atoms with Crippen LogP contribution < -0.4 is 4.90 Å². The molecule has 2 heterocycles. The molecule has 0 N–H and O–H groups in total. The summed E-state index contributed by atoms with van der Waals surface area (Å²) in [6.07, 6.45) is 0. The Bertz CT molecular complexity index is 1000. The van der Waals surface area contributed by atoms with Crippen LogP contribution in [0.5, 0.6) is 0 Å². The number of hydrogen-bond donors (Lipinski definition) is 0. The summed E-state index contributed by atoms with van der Waals surface area (Å²) in [7, 11) is -3.63. The molecule has 130 valence electrons. The highest BCUT2D eigenvalue weighted by atomic mass is 32.2. The highest BCUT2D eigenvalue weighted by Crippen LogP contribution is 2.32. The van der Waals surface area contributed by atoms with Crippen molar-refractivity contribution < 1.29 is 13.2 Å². The zero-order valence-electron chi connectivity index (χ0n) is 14.1. The highest BCUT2D eigenvalue weighted by Gasteiger charge is 2.23. The van der Waals surface area contributed by atoms with E-state index in [-0.39, 0.29) is 0 Å². The SMILES string of the molecule is Cc1cc2c(N3CCOCC3)cccc2n1S(=O)(=O)c1ccccc1.